The van der Waals surface area contributed by atoms with Gasteiger partial charge in [0.15, 0.2) is 5.78 Å². The van der Waals surface area contributed by atoms with Crippen molar-refractivity contribution in [2.24, 2.45) is 5.73 Å². The Balaban J connectivity index is 2.66. The summed E-state index contributed by atoms with van der Waals surface area (Å²) in [6.07, 6.45) is 3.23. The maximum atomic E-state index is 11.6. The van der Waals surface area contributed by atoms with E-state index in [-0.39, 0.29) is 18.3 Å². The summed E-state index contributed by atoms with van der Waals surface area (Å²) in [5.41, 5.74) is 5.68. The number of para-hydroxylation sites is 1. The number of nitrogens with two attached hydrogens (primary N) is 1. The second kappa shape index (κ2) is 7.61. The molecule has 0 spiro atoms. The average Bonchev–Trinajstić information content (AvgIpc) is 2.39. The summed E-state index contributed by atoms with van der Waals surface area (Å²) in [5, 5.41) is 0. The smallest absolute Gasteiger partial charge is 0.311 e. The molecule has 0 saturated heterocycles. The predicted molar refractivity (Wildman–Crippen MR) is 69.6 cm³/mol. The molecule has 0 aliphatic rings. The highest BCUT2D eigenvalue weighted by molar-refractivity contribution is 6.00. The molecule has 0 amide bonds. The van der Waals surface area contributed by atoms with Crippen molar-refractivity contribution < 1.29 is 14.3 Å². The predicted octanol–water partition coefficient (Wildman–Crippen LogP) is 2.31. The summed E-state index contributed by atoms with van der Waals surface area (Å²) in [6.45, 7) is 1.98. The molecule has 0 bridgehead atoms. The van der Waals surface area contributed by atoms with Crippen molar-refractivity contribution in [1.29, 1.82) is 0 Å². The van der Waals surface area contributed by atoms with Gasteiger partial charge in [-0.25, -0.2) is 0 Å². The molecular weight excluding hydrogens is 230 g/mol. The second-order valence-electron chi connectivity index (χ2n) is 4.05. The molecule has 0 aliphatic carbocycles. The Kier molecular flexibility index (Phi) is 6.08. The lowest BCUT2D eigenvalue weighted by Crippen LogP contribution is -2.16. The van der Waals surface area contributed by atoms with Crippen molar-refractivity contribution in [2.75, 3.05) is 6.54 Å². The number of unbranched alkanes of at least 4 members (excludes halogenated alkanes) is 2. The first-order valence-electron chi connectivity index (χ1n) is 6.22. The minimum absolute atomic E-state index is 0.0929. The highest BCUT2D eigenvalue weighted by Crippen LogP contribution is 2.19. The van der Waals surface area contributed by atoms with Gasteiger partial charge < -0.3 is 10.5 Å². The molecule has 98 valence electrons. The van der Waals surface area contributed by atoms with Gasteiger partial charge in [-0.1, -0.05) is 31.9 Å². The van der Waals surface area contributed by atoms with Crippen molar-refractivity contribution in [3.63, 3.8) is 0 Å². The first kappa shape index (κ1) is 14.4. The molecule has 4 heteroatoms. The fourth-order valence-corrected chi connectivity index (χ4v) is 1.59. The number of hydrogen-bond acceptors (Lipinski definition) is 4. The largest absolute Gasteiger partial charge is 0.426 e. The van der Waals surface area contributed by atoms with Crippen LogP contribution in [0.15, 0.2) is 24.3 Å². The maximum Gasteiger partial charge on any atom is 0.311 e. The van der Waals surface area contributed by atoms with Crippen LogP contribution < -0.4 is 10.5 Å². The number of Topliss-reactive ketones (excluding diaryl/α,β-unsaturated/α-hetero) is 1. The topological polar surface area (TPSA) is 69.4 Å². The first-order valence-corrected chi connectivity index (χ1v) is 6.22. The van der Waals surface area contributed by atoms with Crippen LogP contribution in [0.3, 0.4) is 0 Å². The van der Waals surface area contributed by atoms with Gasteiger partial charge >= 0.3 is 5.97 Å². The molecule has 4 nitrogen and oxygen atoms in total. The number of rotatable bonds is 7. The Morgan fingerprint density at radius 1 is 1.22 bits per heavy atom. The van der Waals surface area contributed by atoms with E-state index in [9.17, 15) is 9.59 Å². The molecule has 18 heavy (non-hydrogen) atoms. The third-order valence-electron chi connectivity index (χ3n) is 2.58. The maximum absolute atomic E-state index is 11.6. The van der Waals surface area contributed by atoms with Crippen LogP contribution in [0, 0.1) is 0 Å². The van der Waals surface area contributed by atoms with Gasteiger partial charge in [-0.05, 0) is 18.6 Å². The Labute approximate surface area is 107 Å². The van der Waals surface area contributed by atoms with Crippen molar-refractivity contribution >= 4 is 11.8 Å². The van der Waals surface area contributed by atoms with E-state index in [1.165, 1.54) is 0 Å². The third-order valence-corrected chi connectivity index (χ3v) is 2.58. The Hall–Kier alpha value is -1.68. The lowest BCUT2D eigenvalue weighted by molar-refractivity contribution is -0.134. The number of ketones is 1. The number of esters is 1. The first-order chi connectivity index (χ1) is 8.69. The standard InChI is InChI=1S/C14H19NO3/c1-2-3-4-9-14(17)18-13-8-6-5-7-11(13)12(16)10-15/h5-8H,2-4,9-10,15H2,1H3. The van der Waals surface area contributed by atoms with E-state index in [4.69, 9.17) is 10.5 Å². The van der Waals surface area contributed by atoms with Crippen molar-refractivity contribution in [3.8, 4) is 5.75 Å². The normalized spacial score (nSPS) is 10.1. The van der Waals surface area contributed by atoms with Crippen LogP contribution in [0.4, 0.5) is 0 Å². The van der Waals surface area contributed by atoms with Crippen LogP contribution in [0.25, 0.3) is 0 Å². The molecular formula is C14H19NO3. The van der Waals surface area contributed by atoms with Gasteiger partial charge in [-0.2, -0.15) is 0 Å². The van der Waals surface area contributed by atoms with Crippen LogP contribution in [-0.4, -0.2) is 18.3 Å². The highest BCUT2D eigenvalue weighted by atomic mass is 16.5. The Bertz CT molecular complexity index is 415. The number of carbonyl (C=O) groups is 2. The summed E-state index contributed by atoms with van der Waals surface area (Å²) >= 11 is 0. The van der Waals surface area contributed by atoms with Crippen molar-refractivity contribution in [2.45, 2.75) is 32.6 Å². The summed E-state index contributed by atoms with van der Waals surface area (Å²) in [4.78, 5) is 23.1. The summed E-state index contributed by atoms with van der Waals surface area (Å²) < 4.78 is 5.20. The monoisotopic (exact) mass is 249 g/mol. The molecule has 0 fully saturated rings. The average molecular weight is 249 g/mol. The molecule has 0 atom stereocenters. The molecule has 1 aromatic rings. The van der Waals surface area contributed by atoms with Gasteiger partial charge in [0.1, 0.15) is 5.75 Å². The minimum Gasteiger partial charge on any atom is -0.426 e. The Morgan fingerprint density at radius 2 is 1.94 bits per heavy atom. The molecule has 1 rings (SSSR count). The summed E-state index contributed by atoms with van der Waals surface area (Å²) in [7, 11) is 0. The van der Waals surface area contributed by atoms with Crippen LogP contribution in [0.2, 0.25) is 0 Å². The molecule has 0 unspecified atom stereocenters. The highest BCUT2D eigenvalue weighted by Gasteiger charge is 2.13. The van der Waals surface area contributed by atoms with Gasteiger partial charge in [0, 0.05) is 6.42 Å². The van der Waals surface area contributed by atoms with Crippen LogP contribution >= 0.6 is 0 Å². The molecule has 0 heterocycles. The van der Waals surface area contributed by atoms with Gasteiger partial charge in [-0.3, -0.25) is 9.59 Å². The number of benzene rings is 1. The van der Waals surface area contributed by atoms with Crippen LogP contribution in [-0.2, 0) is 4.79 Å². The van der Waals surface area contributed by atoms with E-state index < -0.39 is 0 Å². The van der Waals surface area contributed by atoms with E-state index in [1.54, 1.807) is 24.3 Å². The molecule has 0 aliphatic heterocycles. The van der Waals surface area contributed by atoms with Gasteiger partial charge in [0.25, 0.3) is 0 Å². The summed E-state index contributed by atoms with van der Waals surface area (Å²) in [5.74, 6) is -0.234. The number of hydrogen-bond donors (Lipinski definition) is 1. The van der Waals surface area contributed by atoms with Gasteiger partial charge in [-0.15, -0.1) is 0 Å². The summed E-state index contributed by atoms with van der Waals surface area (Å²) in [6, 6.07) is 6.67. The minimum atomic E-state index is -0.305. The molecule has 0 saturated carbocycles. The fourth-order valence-electron chi connectivity index (χ4n) is 1.59. The van der Waals surface area contributed by atoms with E-state index in [2.05, 4.69) is 6.92 Å². The van der Waals surface area contributed by atoms with Crippen molar-refractivity contribution in [1.82, 2.24) is 0 Å². The van der Waals surface area contributed by atoms with Crippen LogP contribution in [0.1, 0.15) is 43.0 Å². The molecule has 0 aromatic heterocycles. The molecule has 1 aromatic carbocycles. The fraction of sp³-hybridized carbons (Fsp3) is 0.429. The zero-order valence-electron chi connectivity index (χ0n) is 10.6. The third kappa shape index (κ3) is 4.30. The van der Waals surface area contributed by atoms with Crippen LogP contribution in [0.5, 0.6) is 5.75 Å². The van der Waals surface area contributed by atoms with Crippen molar-refractivity contribution in [3.05, 3.63) is 29.8 Å². The Morgan fingerprint density at radius 3 is 2.61 bits per heavy atom. The quantitative estimate of drug-likeness (QED) is 0.348. The van der Waals surface area contributed by atoms with E-state index in [0.29, 0.717) is 17.7 Å². The van der Waals surface area contributed by atoms with E-state index in [0.717, 1.165) is 19.3 Å². The van der Waals surface area contributed by atoms with E-state index in [1.807, 2.05) is 0 Å². The lowest BCUT2D eigenvalue weighted by Gasteiger charge is -2.08. The SMILES string of the molecule is CCCCCC(=O)Oc1ccccc1C(=O)CN. The number of ether oxygens (including phenoxy) is 1. The molecule has 2 N–H and O–H groups in total. The number of carbonyl (C=O) groups excluding carboxylic acids is 2. The zero-order chi connectivity index (χ0) is 13.4. The zero-order valence-corrected chi connectivity index (χ0v) is 10.6. The van der Waals surface area contributed by atoms with E-state index >= 15 is 0 Å². The van der Waals surface area contributed by atoms with Gasteiger partial charge in [0.2, 0.25) is 0 Å². The molecule has 0 radical (unpaired) electrons. The van der Waals surface area contributed by atoms with Gasteiger partial charge in [0.05, 0.1) is 12.1 Å². The second-order valence-corrected chi connectivity index (χ2v) is 4.05. The lowest BCUT2D eigenvalue weighted by atomic mass is 10.1.